The molecule has 0 saturated carbocycles. The van der Waals surface area contributed by atoms with Crippen molar-refractivity contribution in [2.45, 2.75) is 20.3 Å². The zero-order valence-electron chi connectivity index (χ0n) is 18.0. The van der Waals surface area contributed by atoms with Crippen LogP contribution in [0.1, 0.15) is 25.8 Å². The van der Waals surface area contributed by atoms with Gasteiger partial charge in [-0.15, -0.1) is 0 Å². The van der Waals surface area contributed by atoms with Gasteiger partial charge in [-0.1, -0.05) is 6.92 Å². The number of nitrogens with zero attached hydrogens (tertiary/aromatic N) is 2. The van der Waals surface area contributed by atoms with Gasteiger partial charge in [0.05, 0.1) is 35.9 Å². The maximum absolute atomic E-state index is 13.1. The molecular weight excluding hydrogens is 480 g/mol. The van der Waals surface area contributed by atoms with Crippen LogP contribution in [0.4, 0.5) is 5.69 Å². The predicted molar refractivity (Wildman–Crippen MR) is 130 cm³/mol. The van der Waals surface area contributed by atoms with Crippen LogP contribution in [0.2, 0.25) is 0 Å². The molecule has 0 atom stereocenters. The molecule has 8 heteroatoms. The zero-order chi connectivity index (χ0) is 22.4. The molecule has 2 aromatic rings. The van der Waals surface area contributed by atoms with Gasteiger partial charge in [-0.25, -0.2) is 4.99 Å². The van der Waals surface area contributed by atoms with E-state index in [2.05, 4.69) is 15.9 Å². The van der Waals surface area contributed by atoms with E-state index in [1.54, 1.807) is 19.1 Å². The van der Waals surface area contributed by atoms with Crippen molar-refractivity contribution in [1.82, 2.24) is 4.90 Å². The third kappa shape index (κ3) is 5.43. The standard InChI is InChI=1S/C23H25BrN2O4S/c1-5-11-26-22(27)20(31-23(26)25-16-7-9-17(28-3)10-8-16)14-15-12-18(24)21(30-6-2)19(13-15)29-4/h7-10,12-14H,5-6,11H2,1-4H3. The van der Waals surface area contributed by atoms with Gasteiger partial charge in [0.25, 0.3) is 5.91 Å². The molecule has 1 fully saturated rings. The molecule has 3 rings (SSSR count). The Morgan fingerprint density at radius 2 is 1.87 bits per heavy atom. The number of benzene rings is 2. The Morgan fingerprint density at radius 3 is 2.48 bits per heavy atom. The van der Waals surface area contributed by atoms with Gasteiger partial charge in [-0.3, -0.25) is 9.69 Å². The number of ether oxygens (including phenoxy) is 3. The predicted octanol–water partition coefficient (Wildman–Crippen LogP) is 5.88. The fraction of sp³-hybridized carbons (Fsp3) is 0.304. The molecule has 0 N–H and O–H groups in total. The highest BCUT2D eigenvalue weighted by Crippen LogP contribution is 2.39. The van der Waals surface area contributed by atoms with Gasteiger partial charge in [0.2, 0.25) is 0 Å². The minimum absolute atomic E-state index is 0.0527. The highest BCUT2D eigenvalue weighted by molar-refractivity contribution is 9.10. The molecule has 0 radical (unpaired) electrons. The van der Waals surface area contributed by atoms with Crippen molar-refractivity contribution in [3.63, 3.8) is 0 Å². The number of aliphatic imine (C=N–C) groups is 1. The molecule has 164 valence electrons. The lowest BCUT2D eigenvalue weighted by Gasteiger charge is -2.14. The quantitative estimate of drug-likeness (QED) is 0.420. The van der Waals surface area contributed by atoms with Crippen molar-refractivity contribution in [3.05, 3.63) is 51.3 Å². The largest absolute Gasteiger partial charge is 0.497 e. The Balaban J connectivity index is 1.94. The van der Waals surface area contributed by atoms with Gasteiger partial charge in [-0.2, -0.15) is 0 Å². The first-order valence-electron chi connectivity index (χ1n) is 9.95. The summed E-state index contributed by atoms with van der Waals surface area (Å²) in [5, 5.41) is 0.667. The number of carbonyl (C=O) groups excluding carboxylic acids is 1. The molecule has 0 spiro atoms. The Bertz CT molecular complexity index is 1010. The number of rotatable bonds is 8. The minimum atomic E-state index is -0.0527. The maximum atomic E-state index is 13.1. The second-order valence-electron chi connectivity index (χ2n) is 6.63. The van der Waals surface area contributed by atoms with Crippen LogP contribution >= 0.6 is 27.7 Å². The van der Waals surface area contributed by atoms with Crippen molar-refractivity contribution in [1.29, 1.82) is 0 Å². The first kappa shape index (κ1) is 23.2. The fourth-order valence-electron chi connectivity index (χ4n) is 3.04. The molecule has 1 saturated heterocycles. The zero-order valence-corrected chi connectivity index (χ0v) is 20.4. The van der Waals surface area contributed by atoms with Crippen molar-refractivity contribution in [2.75, 3.05) is 27.4 Å². The Morgan fingerprint density at radius 1 is 1.13 bits per heavy atom. The molecule has 0 aromatic heterocycles. The van der Waals surface area contributed by atoms with E-state index in [-0.39, 0.29) is 5.91 Å². The van der Waals surface area contributed by atoms with E-state index in [0.29, 0.717) is 34.7 Å². The molecule has 1 aliphatic heterocycles. The lowest BCUT2D eigenvalue weighted by atomic mass is 10.2. The molecule has 31 heavy (non-hydrogen) atoms. The summed E-state index contributed by atoms with van der Waals surface area (Å²) in [5.74, 6) is 1.96. The van der Waals surface area contributed by atoms with Crippen LogP contribution in [0.5, 0.6) is 17.2 Å². The van der Waals surface area contributed by atoms with Crippen LogP contribution in [0.25, 0.3) is 6.08 Å². The smallest absolute Gasteiger partial charge is 0.266 e. The fourth-order valence-corrected chi connectivity index (χ4v) is 4.64. The summed E-state index contributed by atoms with van der Waals surface area (Å²) in [6.45, 7) is 5.09. The van der Waals surface area contributed by atoms with Crippen LogP contribution in [0, 0.1) is 0 Å². The molecule has 0 unspecified atom stereocenters. The van der Waals surface area contributed by atoms with Crippen LogP contribution in [0.3, 0.4) is 0 Å². The Kier molecular flexibility index (Phi) is 8.03. The molecule has 6 nitrogen and oxygen atoms in total. The number of methoxy groups -OCH3 is 2. The highest BCUT2D eigenvalue weighted by Gasteiger charge is 2.32. The van der Waals surface area contributed by atoms with Crippen LogP contribution in [-0.2, 0) is 4.79 Å². The number of carbonyl (C=O) groups is 1. The van der Waals surface area contributed by atoms with Crippen LogP contribution < -0.4 is 14.2 Å². The number of thioether (sulfide) groups is 1. The molecule has 1 aliphatic rings. The van der Waals surface area contributed by atoms with E-state index in [1.165, 1.54) is 11.8 Å². The molecule has 0 aliphatic carbocycles. The average Bonchev–Trinajstić information content (AvgIpc) is 3.05. The van der Waals surface area contributed by atoms with Gasteiger partial charge in [0, 0.05) is 6.54 Å². The molecule has 1 heterocycles. The minimum Gasteiger partial charge on any atom is -0.497 e. The third-order valence-electron chi connectivity index (χ3n) is 4.47. The van der Waals surface area contributed by atoms with Gasteiger partial charge < -0.3 is 14.2 Å². The van der Waals surface area contributed by atoms with E-state index in [4.69, 9.17) is 19.2 Å². The molecular formula is C23H25BrN2O4S. The summed E-state index contributed by atoms with van der Waals surface area (Å²) in [7, 11) is 3.22. The number of amides is 1. The monoisotopic (exact) mass is 504 g/mol. The maximum Gasteiger partial charge on any atom is 0.266 e. The summed E-state index contributed by atoms with van der Waals surface area (Å²) >= 11 is 4.91. The summed E-state index contributed by atoms with van der Waals surface area (Å²) in [4.78, 5) is 20.1. The van der Waals surface area contributed by atoms with Crippen molar-refractivity contribution in [3.8, 4) is 17.2 Å². The van der Waals surface area contributed by atoms with E-state index in [1.807, 2.05) is 56.3 Å². The van der Waals surface area contributed by atoms with E-state index in [0.717, 1.165) is 27.9 Å². The molecule has 1 amide bonds. The second kappa shape index (κ2) is 10.7. The summed E-state index contributed by atoms with van der Waals surface area (Å²) in [6, 6.07) is 11.2. The Hall–Kier alpha value is -2.45. The summed E-state index contributed by atoms with van der Waals surface area (Å²) in [5.41, 5.74) is 1.61. The third-order valence-corrected chi connectivity index (χ3v) is 6.07. The lowest BCUT2D eigenvalue weighted by molar-refractivity contribution is -0.122. The number of halogens is 1. The Labute approximate surface area is 195 Å². The van der Waals surface area contributed by atoms with E-state index < -0.39 is 0 Å². The van der Waals surface area contributed by atoms with Crippen molar-refractivity contribution >= 4 is 50.5 Å². The summed E-state index contributed by atoms with van der Waals surface area (Å²) in [6.07, 6.45) is 2.69. The van der Waals surface area contributed by atoms with Crippen LogP contribution in [0.15, 0.2) is 50.8 Å². The molecule has 0 bridgehead atoms. The van der Waals surface area contributed by atoms with Crippen molar-refractivity contribution in [2.24, 2.45) is 4.99 Å². The number of hydrogen-bond donors (Lipinski definition) is 0. The topological polar surface area (TPSA) is 60.4 Å². The normalized spacial score (nSPS) is 16.3. The first-order chi connectivity index (χ1) is 15.0. The second-order valence-corrected chi connectivity index (χ2v) is 8.49. The van der Waals surface area contributed by atoms with Gasteiger partial charge in [0.15, 0.2) is 16.7 Å². The average molecular weight is 505 g/mol. The number of amidine groups is 1. The van der Waals surface area contributed by atoms with E-state index >= 15 is 0 Å². The van der Waals surface area contributed by atoms with Gasteiger partial charge >= 0.3 is 0 Å². The van der Waals surface area contributed by atoms with E-state index in [9.17, 15) is 4.79 Å². The molecule has 2 aromatic carbocycles. The summed E-state index contributed by atoms with van der Waals surface area (Å²) < 4.78 is 17.1. The first-order valence-corrected chi connectivity index (χ1v) is 11.6. The van der Waals surface area contributed by atoms with Crippen molar-refractivity contribution < 1.29 is 19.0 Å². The van der Waals surface area contributed by atoms with Gasteiger partial charge in [-0.05, 0) is 89.1 Å². The lowest BCUT2D eigenvalue weighted by Crippen LogP contribution is -2.29. The van der Waals surface area contributed by atoms with Gasteiger partial charge in [0.1, 0.15) is 5.75 Å². The SMILES string of the molecule is CCCN1C(=O)C(=Cc2cc(Br)c(OCC)c(OC)c2)SC1=Nc1ccc(OC)cc1. The highest BCUT2D eigenvalue weighted by atomic mass is 79.9. The number of hydrogen-bond acceptors (Lipinski definition) is 6. The van der Waals surface area contributed by atoms with Crippen LogP contribution in [-0.4, -0.2) is 43.3 Å².